The second-order valence-electron chi connectivity index (χ2n) is 2.63. The molecule has 76 valence electrons. The zero-order valence-corrected chi connectivity index (χ0v) is 11.2. The zero-order valence-electron chi connectivity index (χ0n) is 7.14. The molecule has 2 N–H and O–H groups in total. The SMILES string of the molecule is Cl.N[C@@H](c1cccs1)c1ccc(Br)s1. The van der Waals surface area contributed by atoms with E-state index < -0.39 is 0 Å². The van der Waals surface area contributed by atoms with Gasteiger partial charge in [0.2, 0.25) is 0 Å². The Balaban J connectivity index is 0.000000980. The average Bonchev–Trinajstić information content (AvgIpc) is 2.72. The van der Waals surface area contributed by atoms with Crippen LogP contribution in [0.3, 0.4) is 0 Å². The van der Waals surface area contributed by atoms with E-state index in [9.17, 15) is 0 Å². The van der Waals surface area contributed by atoms with Crippen LogP contribution in [0.4, 0.5) is 0 Å². The predicted octanol–water partition coefficient (Wildman–Crippen LogP) is 4.04. The summed E-state index contributed by atoms with van der Waals surface area (Å²) in [5.74, 6) is 0. The molecule has 2 rings (SSSR count). The normalized spacial score (nSPS) is 12.1. The molecule has 0 unspecified atom stereocenters. The maximum Gasteiger partial charge on any atom is 0.0740 e. The van der Waals surface area contributed by atoms with E-state index in [-0.39, 0.29) is 18.4 Å². The molecule has 0 aliphatic carbocycles. The van der Waals surface area contributed by atoms with Crippen molar-refractivity contribution in [3.8, 4) is 0 Å². The van der Waals surface area contributed by atoms with E-state index in [4.69, 9.17) is 5.73 Å². The monoisotopic (exact) mass is 309 g/mol. The number of thiophene rings is 2. The molecule has 0 saturated carbocycles. The third kappa shape index (κ3) is 2.58. The first kappa shape index (κ1) is 12.2. The van der Waals surface area contributed by atoms with Crippen molar-refractivity contribution >= 4 is 51.0 Å². The maximum atomic E-state index is 6.07. The maximum absolute atomic E-state index is 6.07. The van der Waals surface area contributed by atoms with Gasteiger partial charge in [0.05, 0.1) is 9.83 Å². The quantitative estimate of drug-likeness (QED) is 0.890. The Kier molecular flexibility index (Phi) is 4.60. The van der Waals surface area contributed by atoms with Gasteiger partial charge in [-0.15, -0.1) is 35.1 Å². The van der Waals surface area contributed by atoms with Crippen LogP contribution < -0.4 is 5.73 Å². The molecule has 0 aromatic carbocycles. The van der Waals surface area contributed by atoms with Crippen LogP contribution in [0, 0.1) is 0 Å². The Hall–Kier alpha value is 0.130. The number of hydrogen-bond donors (Lipinski definition) is 1. The molecule has 0 fully saturated rings. The Morgan fingerprint density at radius 1 is 1.21 bits per heavy atom. The lowest BCUT2D eigenvalue weighted by molar-refractivity contribution is 0.917. The number of halogens is 2. The summed E-state index contributed by atoms with van der Waals surface area (Å²) in [5, 5.41) is 2.05. The smallest absolute Gasteiger partial charge is 0.0740 e. The van der Waals surface area contributed by atoms with Gasteiger partial charge in [-0.25, -0.2) is 0 Å². The molecule has 1 nitrogen and oxygen atoms in total. The molecule has 0 aliphatic heterocycles. The second kappa shape index (κ2) is 5.28. The third-order valence-electron chi connectivity index (χ3n) is 1.75. The summed E-state index contributed by atoms with van der Waals surface area (Å²) in [4.78, 5) is 2.42. The van der Waals surface area contributed by atoms with Crippen molar-refractivity contribution in [2.24, 2.45) is 5.73 Å². The van der Waals surface area contributed by atoms with E-state index in [2.05, 4.69) is 33.4 Å². The minimum atomic E-state index is 0. The minimum absolute atomic E-state index is 0. The fourth-order valence-corrected chi connectivity index (χ4v) is 3.37. The van der Waals surface area contributed by atoms with Crippen molar-refractivity contribution in [3.05, 3.63) is 43.2 Å². The fraction of sp³-hybridized carbons (Fsp3) is 0.111. The van der Waals surface area contributed by atoms with Gasteiger partial charge in [-0.1, -0.05) is 6.07 Å². The van der Waals surface area contributed by atoms with Crippen LogP contribution in [0.25, 0.3) is 0 Å². The molecule has 0 spiro atoms. The van der Waals surface area contributed by atoms with Crippen LogP contribution in [-0.2, 0) is 0 Å². The van der Waals surface area contributed by atoms with Crippen LogP contribution in [0.1, 0.15) is 15.8 Å². The molecule has 1 atom stereocenters. The molecule has 0 bridgehead atoms. The Morgan fingerprint density at radius 2 is 2.00 bits per heavy atom. The van der Waals surface area contributed by atoms with Crippen molar-refractivity contribution < 1.29 is 0 Å². The van der Waals surface area contributed by atoms with Crippen LogP contribution >= 0.6 is 51.0 Å². The van der Waals surface area contributed by atoms with Crippen molar-refractivity contribution in [2.75, 3.05) is 0 Å². The Morgan fingerprint density at radius 3 is 2.50 bits per heavy atom. The molecular weight excluding hydrogens is 302 g/mol. The number of rotatable bonds is 2. The first-order valence-corrected chi connectivity index (χ1v) is 6.30. The third-order valence-corrected chi connectivity index (χ3v) is 4.41. The van der Waals surface area contributed by atoms with E-state index in [0.29, 0.717) is 0 Å². The van der Waals surface area contributed by atoms with E-state index >= 15 is 0 Å². The fourth-order valence-electron chi connectivity index (χ4n) is 1.10. The average molecular weight is 311 g/mol. The summed E-state index contributed by atoms with van der Waals surface area (Å²) >= 11 is 6.82. The molecule has 0 radical (unpaired) electrons. The molecule has 2 aromatic heterocycles. The summed E-state index contributed by atoms with van der Waals surface area (Å²) in [6, 6.07) is 8.24. The first-order valence-electron chi connectivity index (χ1n) is 3.81. The molecule has 2 heterocycles. The van der Waals surface area contributed by atoms with Gasteiger partial charge < -0.3 is 5.73 Å². The lowest BCUT2D eigenvalue weighted by Gasteiger charge is -2.05. The highest BCUT2D eigenvalue weighted by atomic mass is 79.9. The highest BCUT2D eigenvalue weighted by Gasteiger charge is 2.11. The lowest BCUT2D eigenvalue weighted by Crippen LogP contribution is -2.07. The highest BCUT2D eigenvalue weighted by Crippen LogP contribution is 2.31. The summed E-state index contributed by atoms with van der Waals surface area (Å²) in [7, 11) is 0. The largest absolute Gasteiger partial charge is 0.319 e. The minimum Gasteiger partial charge on any atom is -0.319 e. The van der Waals surface area contributed by atoms with Gasteiger partial charge in [0.15, 0.2) is 0 Å². The van der Waals surface area contributed by atoms with E-state index in [0.717, 1.165) is 3.79 Å². The van der Waals surface area contributed by atoms with Crippen LogP contribution in [0.15, 0.2) is 33.4 Å². The van der Waals surface area contributed by atoms with Gasteiger partial charge in [0, 0.05) is 9.75 Å². The highest BCUT2D eigenvalue weighted by molar-refractivity contribution is 9.11. The van der Waals surface area contributed by atoms with E-state index in [1.54, 1.807) is 22.7 Å². The molecule has 14 heavy (non-hydrogen) atoms. The molecule has 0 amide bonds. The summed E-state index contributed by atoms with van der Waals surface area (Å²) in [5.41, 5.74) is 6.07. The van der Waals surface area contributed by atoms with Gasteiger partial charge >= 0.3 is 0 Å². The Labute approximate surface area is 105 Å². The zero-order chi connectivity index (χ0) is 9.26. The van der Waals surface area contributed by atoms with Crippen molar-refractivity contribution in [3.63, 3.8) is 0 Å². The Bertz CT molecular complexity index is 385. The molecule has 2 aromatic rings. The van der Waals surface area contributed by atoms with Crippen LogP contribution in [0.2, 0.25) is 0 Å². The number of hydrogen-bond acceptors (Lipinski definition) is 3. The second-order valence-corrected chi connectivity index (χ2v) is 6.11. The van der Waals surface area contributed by atoms with E-state index in [1.807, 2.05) is 12.1 Å². The summed E-state index contributed by atoms with van der Waals surface area (Å²) in [6.07, 6.45) is 0. The van der Waals surface area contributed by atoms with Crippen LogP contribution in [0.5, 0.6) is 0 Å². The molecular formula is C9H9BrClNS2. The van der Waals surface area contributed by atoms with Gasteiger partial charge in [0.1, 0.15) is 0 Å². The standard InChI is InChI=1S/C9H8BrNS2.ClH/c10-8-4-3-7(13-8)9(11)6-2-1-5-12-6;/h1-5,9H,11H2;1H/t9-;/m0./s1. The topological polar surface area (TPSA) is 26.0 Å². The first-order chi connectivity index (χ1) is 6.27. The predicted molar refractivity (Wildman–Crippen MR) is 69.6 cm³/mol. The number of nitrogens with two attached hydrogens (primary N) is 1. The van der Waals surface area contributed by atoms with Gasteiger partial charge in [-0.05, 0) is 39.5 Å². The van der Waals surface area contributed by atoms with Crippen molar-refractivity contribution in [2.45, 2.75) is 6.04 Å². The van der Waals surface area contributed by atoms with Crippen molar-refractivity contribution in [1.29, 1.82) is 0 Å². The molecule has 5 heteroatoms. The van der Waals surface area contributed by atoms with E-state index in [1.165, 1.54) is 9.75 Å². The summed E-state index contributed by atoms with van der Waals surface area (Å²) in [6.45, 7) is 0. The van der Waals surface area contributed by atoms with Gasteiger partial charge in [-0.2, -0.15) is 0 Å². The van der Waals surface area contributed by atoms with Gasteiger partial charge in [0.25, 0.3) is 0 Å². The lowest BCUT2D eigenvalue weighted by atomic mass is 10.2. The van der Waals surface area contributed by atoms with Gasteiger partial charge in [-0.3, -0.25) is 0 Å². The molecule has 0 saturated heterocycles. The summed E-state index contributed by atoms with van der Waals surface area (Å²) < 4.78 is 1.13. The van der Waals surface area contributed by atoms with Crippen LogP contribution in [-0.4, -0.2) is 0 Å². The van der Waals surface area contributed by atoms with Crippen molar-refractivity contribution in [1.82, 2.24) is 0 Å². The molecule has 0 aliphatic rings.